The van der Waals surface area contributed by atoms with Gasteiger partial charge in [0.15, 0.2) is 5.76 Å². The number of benzene rings is 2. The van der Waals surface area contributed by atoms with Crippen molar-refractivity contribution in [3.63, 3.8) is 0 Å². The van der Waals surface area contributed by atoms with Crippen molar-refractivity contribution >= 4 is 23.2 Å². The lowest BCUT2D eigenvalue weighted by molar-refractivity contribution is -0.115. The zero-order valence-electron chi connectivity index (χ0n) is 13.8. The molecule has 1 heterocycles. The number of aryl methyl sites for hydroxylation is 1. The molecule has 0 aliphatic rings. The Hall–Kier alpha value is -3.34. The maximum Gasteiger partial charge on any atom is 0.291 e. The van der Waals surface area contributed by atoms with E-state index in [4.69, 9.17) is 4.42 Å². The first-order valence-corrected chi connectivity index (χ1v) is 7.91. The molecule has 2 N–H and O–H groups in total. The van der Waals surface area contributed by atoms with Gasteiger partial charge in [0.25, 0.3) is 5.91 Å². The summed E-state index contributed by atoms with van der Waals surface area (Å²) in [6.07, 6.45) is 1.77. The van der Waals surface area contributed by atoms with E-state index in [0.717, 1.165) is 11.1 Å². The van der Waals surface area contributed by atoms with Crippen LogP contribution in [0.5, 0.6) is 0 Å². The molecule has 0 atom stereocenters. The van der Waals surface area contributed by atoms with Gasteiger partial charge in [0.1, 0.15) is 0 Å². The van der Waals surface area contributed by atoms with E-state index in [1.807, 2.05) is 43.3 Å². The maximum atomic E-state index is 12.1. The summed E-state index contributed by atoms with van der Waals surface area (Å²) in [6.45, 7) is 1.87. The van der Waals surface area contributed by atoms with Crippen molar-refractivity contribution in [3.05, 3.63) is 83.8 Å². The summed E-state index contributed by atoms with van der Waals surface area (Å²) >= 11 is 0. The van der Waals surface area contributed by atoms with Crippen molar-refractivity contribution in [2.24, 2.45) is 0 Å². The molecule has 0 saturated carbocycles. The first-order valence-electron chi connectivity index (χ1n) is 7.91. The largest absolute Gasteiger partial charge is 0.459 e. The van der Waals surface area contributed by atoms with Gasteiger partial charge in [-0.1, -0.05) is 30.3 Å². The molecule has 25 heavy (non-hydrogen) atoms. The maximum absolute atomic E-state index is 12.1. The molecule has 5 heteroatoms. The van der Waals surface area contributed by atoms with Gasteiger partial charge < -0.3 is 15.1 Å². The van der Waals surface area contributed by atoms with Gasteiger partial charge in [-0.05, 0) is 48.4 Å². The smallest absolute Gasteiger partial charge is 0.291 e. The lowest BCUT2D eigenvalue weighted by Crippen LogP contribution is -2.15. The monoisotopic (exact) mass is 334 g/mol. The fourth-order valence-corrected chi connectivity index (χ4v) is 2.46. The molecule has 0 unspecified atom stereocenters. The number of carbonyl (C=O) groups excluding carboxylic acids is 2. The van der Waals surface area contributed by atoms with Gasteiger partial charge in [0, 0.05) is 11.4 Å². The number of rotatable bonds is 5. The molecular weight excluding hydrogens is 316 g/mol. The van der Waals surface area contributed by atoms with Crippen LogP contribution in [-0.4, -0.2) is 11.8 Å². The first kappa shape index (κ1) is 16.5. The van der Waals surface area contributed by atoms with Crippen LogP contribution in [0.25, 0.3) is 0 Å². The van der Waals surface area contributed by atoms with Crippen LogP contribution in [0.1, 0.15) is 21.7 Å². The van der Waals surface area contributed by atoms with Crippen LogP contribution in [0.2, 0.25) is 0 Å². The third-order valence-electron chi connectivity index (χ3n) is 3.71. The van der Waals surface area contributed by atoms with Gasteiger partial charge in [0.2, 0.25) is 5.91 Å². The predicted octanol–water partition coefficient (Wildman–Crippen LogP) is 4.02. The molecule has 0 fully saturated rings. The molecule has 1 aromatic heterocycles. The van der Waals surface area contributed by atoms with E-state index in [0.29, 0.717) is 17.8 Å². The van der Waals surface area contributed by atoms with Crippen LogP contribution in [0.4, 0.5) is 11.4 Å². The third kappa shape index (κ3) is 4.35. The fraction of sp³-hybridized carbons (Fsp3) is 0.100. The van der Waals surface area contributed by atoms with Gasteiger partial charge in [-0.25, -0.2) is 0 Å². The molecule has 0 aliphatic carbocycles. The Morgan fingerprint density at radius 1 is 0.960 bits per heavy atom. The third-order valence-corrected chi connectivity index (χ3v) is 3.71. The minimum absolute atomic E-state index is 0.0852. The molecular formula is C20H18N2O3. The Balaban J connectivity index is 1.63. The van der Waals surface area contributed by atoms with E-state index >= 15 is 0 Å². The summed E-state index contributed by atoms with van der Waals surface area (Å²) < 4.78 is 5.07. The number of hydrogen-bond acceptors (Lipinski definition) is 3. The lowest BCUT2D eigenvalue weighted by Gasteiger charge is -2.10. The van der Waals surface area contributed by atoms with Gasteiger partial charge in [-0.2, -0.15) is 0 Å². The summed E-state index contributed by atoms with van der Waals surface area (Å²) in [7, 11) is 0. The van der Waals surface area contributed by atoms with Gasteiger partial charge >= 0.3 is 0 Å². The number of anilines is 2. The Morgan fingerprint density at radius 3 is 2.44 bits per heavy atom. The second kappa shape index (κ2) is 7.49. The second-order valence-electron chi connectivity index (χ2n) is 5.67. The van der Waals surface area contributed by atoms with Crippen LogP contribution in [-0.2, 0) is 11.2 Å². The number of hydrogen-bond donors (Lipinski definition) is 2. The molecule has 126 valence electrons. The van der Waals surface area contributed by atoms with Crippen LogP contribution in [0.3, 0.4) is 0 Å². The van der Waals surface area contributed by atoms with E-state index in [-0.39, 0.29) is 17.6 Å². The summed E-state index contributed by atoms with van der Waals surface area (Å²) in [6, 6.07) is 18.2. The summed E-state index contributed by atoms with van der Waals surface area (Å²) in [5.74, 6) is -0.147. The van der Waals surface area contributed by atoms with Crippen LogP contribution in [0.15, 0.2) is 71.3 Å². The minimum atomic E-state index is -0.311. The van der Waals surface area contributed by atoms with Crippen LogP contribution < -0.4 is 10.6 Å². The van der Waals surface area contributed by atoms with Crippen molar-refractivity contribution < 1.29 is 14.0 Å². The van der Waals surface area contributed by atoms with Crippen molar-refractivity contribution in [1.82, 2.24) is 0 Å². The minimum Gasteiger partial charge on any atom is -0.459 e. The van der Waals surface area contributed by atoms with E-state index in [1.54, 1.807) is 24.3 Å². The molecule has 0 bridgehead atoms. The number of carbonyl (C=O) groups is 2. The van der Waals surface area contributed by atoms with Crippen molar-refractivity contribution in [3.8, 4) is 0 Å². The zero-order valence-corrected chi connectivity index (χ0v) is 13.8. The Morgan fingerprint density at radius 2 is 1.76 bits per heavy atom. The van der Waals surface area contributed by atoms with Crippen molar-refractivity contribution in [1.29, 1.82) is 0 Å². The first-order chi connectivity index (χ1) is 12.1. The number of nitrogens with one attached hydrogen (secondary N) is 2. The summed E-state index contributed by atoms with van der Waals surface area (Å²) in [5.41, 5.74) is 3.16. The molecule has 3 aromatic rings. The molecule has 0 saturated heterocycles. The fourth-order valence-electron chi connectivity index (χ4n) is 2.46. The predicted molar refractivity (Wildman–Crippen MR) is 96.6 cm³/mol. The highest BCUT2D eigenvalue weighted by atomic mass is 16.3. The van der Waals surface area contributed by atoms with E-state index in [1.165, 1.54) is 6.26 Å². The summed E-state index contributed by atoms with van der Waals surface area (Å²) in [5, 5.41) is 5.66. The number of amides is 2. The molecule has 2 aromatic carbocycles. The summed E-state index contributed by atoms with van der Waals surface area (Å²) in [4.78, 5) is 24.1. The van der Waals surface area contributed by atoms with Crippen LogP contribution >= 0.6 is 0 Å². The topological polar surface area (TPSA) is 71.3 Å². The molecule has 0 aliphatic heterocycles. The zero-order chi connectivity index (χ0) is 17.6. The Bertz CT molecular complexity index is 871. The van der Waals surface area contributed by atoms with E-state index in [2.05, 4.69) is 10.6 Å². The standard InChI is InChI=1S/C20H18N2O3/c1-14-12-16(21-19(23)13-15-6-3-2-4-7-15)9-10-17(14)22-20(24)18-8-5-11-25-18/h2-12H,13H2,1H3,(H,21,23)(H,22,24). The Labute approximate surface area is 145 Å². The lowest BCUT2D eigenvalue weighted by atomic mass is 10.1. The van der Waals surface area contributed by atoms with Gasteiger partial charge in [-0.3, -0.25) is 9.59 Å². The molecule has 3 rings (SSSR count). The van der Waals surface area contributed by atoms with Gasteiger partial charge in [-0.15, -0.1) is 0 Å². The highest BCUT2D eigenvalue weighted by Crippen LogP contribution is 2.21. The molecule has 2 amide bonds. The van der Waals surface area contributed by atoms with Crippen molar-refractivity contribution in [2.75, 3.05) is 10.6 Å². The number of furan rings is 1. The highest BCUT2D eigenvalue weighted by molar-refractivity contribution is 6.03. The SMILES string of the molecule is Cc1cc(NC(=O)Cc2ccccc2)ccc1NC(=O)c1ccco1. The van der Waals surface area contributed by atoms with Crippen molar-refractivity contribution in [2.45, 2.75) is 13.3 Å². The normalized spacial score (nSPS) is 10.3. The molecule has 0 radical (unpaired) electrons. The van der Waals surface area contributed by atoms with E-state index < -0.39 is 0 Å². The average molecular weight is 334 g/mol. The Kier molecular flexibility index (Phi) is 4.95. The molecule has 0 spiro atoms. The average Bonchev–Trinajstić information content (AvgIpc) is 3.13. The van der Waals surface area contributed by atoms with Crippen LogP contribution in [0, 0.1) is 6.92 Å². The van der Waals surface area contributed by atoms with E-state index in [9.17, 15) is 9.59 Å². The molecule has 5 nitrogen and oxygen atoms in total. The highest BCUT2D eigenvalue weighted by Gasteiger charge is 2.11. The quantitative estimate of drug-likeness (QED) is 0.740. The van der Waals surface area contributed by atoms with Gasteiger partial charge in [0.05, 0.1) is 12.7 Å². The second-order valence-corrected chi connectivity index (χ2v) is 5.67.